The quantitative estimate of drug-likeness (QED) is 0.600. The Balaban J connectivity index is 2.45. The molecule has 0 spiro atoms. The molecule has 0 aliphatic heterocycles. The van der Waals surface area contributed by atoms with Gasteiger partial charge in [0.25, 0.3) is 5.91 Å². The van der Waals surface area contributed by atoms with Crippen molar-refractivity contribution in [2.24, 2.45) is 5.92 Å². The maximum atomic E-state index is 12.0. The summed E-state index contributed by atoms with van der Waals surface area (Å²) in [5.41, 5.74) is 0.562. The monoisotopic (exact) mass is 308 g/mol. The van der Waals surface area contributed by atoms with Gasteiger partial charge in [-0.2, -0.15) is 0 Å². The Bertz CT molecular complexity index is 458. The van der Waals surface area contributed by atoms with Crippen LogP contribution in [0, 0.1) is 5.92 Å². The van der Waals surface area contributed by atoms with E-state index in [1.807, 2.05) is 0 Å². The van der Waals surface area contributed by atoms with Crippen LogP contribution in [0.15, 0.2) is 24.3 Å². The standard InChI is InChI=1S/C16H24N2O2S/c1-4-5-10-17-16(21)18-15(19)13-6-8-14(9-7-13)20-11-12(2)3/h6-9,12H,4-5,10-11H2,1-3H3,(H2,17,18,19,21). The number of benzene rings is 1. The number of hydrogen-bond donors (Lipinski definition) is 2. The van der Waals surface area contributed by atoms with Gasteiger partial charge in [0.15, 0.2) is 5.11 Å². The molecule has 0 heterocycles. The van der Waals surface area contributed by atoms with Gasteiger partial charge in [-0.3, -0.25) is 10.1 Å². The van der Waals surface area contributed by atoms with Crippen molar-refractivity contribution in [1.82, 2.24) is 10.6 Å². The molecule has 0 unspecified atom stereocenters. The molecule has 1 amide bonds. The molecule has 0 bridgehead atoms. The Labute approximate surface area is 132 Å². The molecule has 0 radical (unpaired) electrons. The van der Waals surface area contributed by atoms with Crippen molar-refractivity contribution in [1.29, 1.82) is 0 Å². The molecule has 0 saturated carbocycles. The maximum absolute atomic E-state index is 12.0. The second kappa shape index (κ2) is 9.34. The lowest BCUT2D eigenvalue weighted by atomic mass is 10.2. The average Bonchev–Trinajstić information content (AvgIpc) is 2.45. The fourth-order valence-corrected chi connectivity index (χ4v) is 1.76. The van der Waals surface area contributed by atoms with Crippen molar-refractivity contribution in [2.75, 3.05) is 13.2 Å². The predicted octanol–water partition coefficient (Wildman–Crippen LogP) is 3.13. The molecule has 21 heavy (non-hydrogen) atoms. The fourth-order valence-electron chi connectivity index (χ4n) is 1.56. The van der Waals surface area contributed by atoms with Crippen LogP contribution in [0.1, 0.15) is 44.0 Å². The van der Waals surface area contributed by atoms with Crippen molar-refractivity contribution >= 4 is 23.2 Å². The number of nitrogens with one attached hydrogen (secondary N) is 2. The number of carbonyl (C=O) groups is 1. The average molecular weight is 308 g/mol. The normalized spacial score (nSPS) is 10.3. The van der Waals surface area contributed by atoms with Crippen LogP contribution in [0.3, 0.4) is 0 Å². The zero-order valence-electron chi connectivity index (χ0n) is 12.9. The molecule has 0 aliphatic rings. The number of hydrogen-bond acceptors (Lipinski definition) is 3. The summed E-state index contributed by atoms with van der Waals surface area (Å²) in [7, 11) is 0. The van der Waals surface area contributed by atoms with E-state index in [0.29, 0.717) is 23.2 Å². The summed E-state index contributed by atoms with van der Waals surface area (Å²) in [5, 5.41) is 6.04. The molecule has 1 aromatic carbocycles. The summed E-state index contributed by atoms with van der Waals surface area (Å²) in [6, 6.07) is 7.06. The molecule has 1 rings (SSSR count). The first-order valence-electron chi connectivity index (χ1n) is 7.35. The molecule has 0 aliphatic carbocycles. The number of ether oxygens (including phenoxy) is 1. The van der Waals surface area contributed by atoms with E-state index >= 15 is 0 Å². The lowest BCUT2D eigenvalue weighted by molar-refractivity contribution is 0.0976. The van der Waals surface area contributed by atoms with Crippen molar-refractivity contribution in [3.8, 4) is 5.75 Å². The lowest BCUT2D eigenvalue weighted by Crippen LogP contribution is -2.39. The van der Waals surface area contributed by atoms with Crippen LogP contribution in [-0.2, 0) is 0 Å². The minimum atomic E-state index is -0.209. The van der Waals surface area contributed by atoms with Gasteiger partial charge in [-0.15, -0.1) is 0 Å². The van der Waals surface area contributed by atoms with E-state index < -0.39 is 0 Å². The highest BCUT2D eigenvalue weighted by Crippen LogP contribution is 2.13. The van der Waals surface area contributed by atoms with Crippen molar-refractivity contribution in [3.05, 3.63) is 29.8 Å². The highest BCUT2D eigenvalue weighted by molar-refractivity contribution is 7.80. The topological polar surface area (TPSA) is 50.4 Å². The number of carbonyl (C=O) groups excluding carboxylic acids is 1. The molecular weight excluding hydrogens is 284 g/mol. The van der Waals surface area contributed by atoms with Gasteiger partial charge >= 0.3 is 0 Å². The third-order valence-corrected chi connectivity index (χ3v) is 2.99. The van der Waals surface area contributed by atoms with Crippen molar-refractivity contribution in [2.45, 2.75) is 33.6 Å². The summed E-state index contributed by atoms with van der Waals surface area (Å²) in [4.78, 5) is 12.0. The zero-order chi connectivity index (χ0) is 15.7. The van der Waals surface area contributed by atoms with E-state index in [-0.39, 0.29) is 5.91 Å². The fraction of sp³-hybridized carbons (Fsp3) is 0.500. The smallest absolute Gasteiger partial charge is 0.257 e. The first-order valence-corrected chi connectivity index (χ1v) is 7.75. The third-order valence-electron chi connectivity index (χ3n) is 2.74. The van der Waals surface area contributed by atoms with Crippen LogP contribution in [0.4, 0.5) is 0 Å². The molecule has 0 atom stereocenters. The minimum Gasteiger partial charge on any atom is -0.493 e. The van der Waals surface area contributed by atoms with Crippen LogP contribution in [-0.4, -0.2) is 24.2 Å². The van der Waals surface area contributed by atoms with Crippen LogP contribution >= 0.6 is 12.2 Å². The molecule has 116 valence electrons. The van der Waals surface area contributed by atoms with E-state index in [1.54, 1.807) is 24.3 Å². The minimum absolute atomic E-state index is 0.209. The second-order valence-corrected chi connectivity index (χ2v) is 5.70. The first-order chi connectivity index (χ1) is 10.0. The molecule has 0 fully saturated rings. The van der Waals surface area contributed by atoms with E-state index in [0.717, 1.165) is 25.1 Å². The summed E-state index contributed by atoms with van der Waals surface area (Å²) >= 11 is 5.07. The van der Waals surface area contributed by atoms with E-state index in [9.17, 15) is 4.79 Å². The van der Waals surface area contributed by atoms with Crippen molar-refractivity contribution in [3.63, 3.8) is 0 Å². The summed E-state index contributed by atoms with van der Waals surface area (Å²) < 4.78 is 5.58. The lowest BCUT2D eigenvalue weighted by Gasteiger charge is -2.10. The second-order valence-electron chi connectivity index (χ2n) is 5.29. The van der Waals surface area contributed by atoms with Gasteiger partial charge in [-0.1, -0.05) is 27.2 Å². The third kappa shape index (κ3) is 7.09. The molecule has 1 aromatic rings. The first kappa shape index (κ1) is 17.4. The zero-order valence-corrected chi connectivity index (χ0v) is 13.8. The molecule has 5 heteroatoms. The number of amides is 1. The summed E-state index contributed by atoms with van der Waals surface area (Å²) in [6.07, 6.45) is 2.11. The Morgan fingerprint density at radius 1 is 1.29 bits per heavy atom. The van der Waals surface area contributed by atoms with Crippen LogP contribution in [0.5, 0.6) is 5.75 Å². The highest BCUT2D eigenvalue weighted by atomic mass is 32.1. The van der Waals surface area contributed by atoms with Gasteiger partial charge in [0.2, 0.25) is 0 Å². The number of thiocarbonyl (C=S) groups is 1. The summed E-state index contributed by atoms with van der Waals surface area (Å²) in [6.45, 7) is 7.73. The summed E-state index contributed by atoms with van der Waals surface area (Å²) in [5.74, 6) is 1.03. The molecule has 0 aromatic heterocycles. The molecule has 0 saturated heterocycles. The Morgan fingerprint density at radius 2 is 1.95 bits per heavy atom. The van der Waals surface area contributed by atoms with E-state index in [1.165, 1.54) is 0 Å². The van der Waals surface area contributed by atoms with E-state index in [2.05, 4.69) is 31.4 Å². The predicted molar refractivity (Wildman–Crippen MR) is 89.7 cm³/mol. The molecule has 2 N–H and O–H groups in total. The van der Waals surface area contributed by atoms with Gasteiger partial charge in [-0.05, 0) is 48.8 Å². The van der Waals surface area contributed by atoms with Crippen LogP contribution in [0.2, 0.25) is 0 Å². The van der Waals surface area contributed by atoms with Gasteiger partial charge < -0.3 is 10.1 Å². The highest BCUT2D eigenvalue weighted by Gasteiger charge is 2.07. The number of rotatable bonds is 7. The Morgan fingerprint density at radius 3 is 2.52 bits per heavy atom. The van der Waals surface area contributed by atoms with Crippen LogP contribution in [0.25, 0.3) is 0 Å². The van der Waals surface area contributed by atoms with E-state index in [4.69, 9.17) is 17.0 Å². The van der Waals surface area contributed by atoms with Gasteiger partial charge in [-0.25, -0.2) is 0 Å². The van der Waals surface area contributed by atoms with Gasteiger partial charge in [0.1, 0.15) is 5.75 Å². The Kier molecular flexibility index (Phi) is 7.75. The Hall–Kier alpha value is -1.62. The van der Waals surface area contributed by atoms with Crippen LogP contribution < -0.4 is 15.4 Å². The SMILES string of the molecule is CCCCNC(=S)NC(=O)c1ccc(OCC(C)C)cc1. The largest absolute Gasteiger partial charge is 0.493 e. The van der Waals surface area contributed by atoms with Gasteiger partial charge in [0, 0.05) is 12.1 Å². The van der Waals surface area contributed by atoms with Crippen molar-refractivity contribution < 1.29 is 9.53 Å². The maximum Gasteiger partial charge on any atom is 0.257 e. The number of unbranched alkanes of at least 4 members (excludes halogenated alkanes) is 1. The van der Waals surface area contributed by atoms with Gasteiger partial charge in [0.05, 0.1) is 6.61 Å². The molecule has 4 nitrogen and oxygen atoms in total. The molecular formula is C16H24N2O2S.